The van der Waals surface area contributed by atoms with Gasteiger partial charge in [-0.2, -0.15) is 0 Å². The van der Waals surface area contributed by atoms with Crippen molar-refractivity contribution in [3.05, 3.63) is 0 Å². The van der Waals surface area contributed by atoms with E-state index in [1.807, 2.05) is 19.0 Å². The van der Waals surface area contributed by atoms with Gasteiger partial charge in [-0.1, -0.05) is 0 Å². The van der Waals surface area contributed by atoms with Gasteiger partial charge in [-0.15, -0.1) is 0 Å². The fourth-order valence-electron chi connectivity index (χ4n) is 2.45. The summed E-state index contributed by atoms with van der Waals surface area (Å²) in [6, 6.07) is 0.161. The van der Waals surface area contributed by atoms with Gasteiger partial charge in [0, 0.05) is 32.6 Å². The van der Waals surface area contributed by atoms with E-state index in [4.69, 9.17) is 0 Å². The normalized spacial score (nSPS) is 24.6. The number of carbonyl (C=O) groups is 1. The second-order valence-electron chi connectivity index (χ2n) is 4.78. The molecule has 2 amide bonds. The summed E-state index contributed by atoms with van der Waals surface area (Å²) in [5.41, 5.74) is 0.455. The maximum atomic E-state index is 11.6. The molecule has 1 N–H and O–H groups in total. The van der Waals surface area contributed by atoms with Crippen LogP contribution >= 0.6 is 0 Å². The third-order valence-corrected chi connectivity index (χ3v) is 3.37. The van der Waals surface area contributed by atoms with Gasteiger partial charge in [0.1, 0.15) is 0 Å². The molecule has 4 nitrogen and oxygen atoms in total. The number of nitrogens with zero attached hydrogens (tertiary/aromatic N) is 2. The molecule has 2 rings (SSSR count). The fraction of sp³-hybridized carbons (Fsp3) is 0.900. The van der Waals surface area contributed by atoms with Gasteiger partial charge in [-0.3, -0.25) is 0 Å². The average molecular weight is 197 g/mol. The van der Waals surface area contributed by atoms with E-state index in [0.717, 1.165) is 26.2 Å². The van der Waals surface area contributed by atoms with Gasteiger partial charge in [0.25, 0.3) is 0 Å². The minimum Gasteiger partial charge on any atom is -0.331 e. The molecular formula is C10H19N3O. The topological polar surface area (TPSA) is 35.6 Å². The highest BCUT2D eigenvalue weighted by atomic mass is 16.2. The van der Waals surface area contributed by atoms with Crippen molar-refractivity contribution in [1.29, 1.82) is 0 Å². The Morgan fingerprint density at radius 2 is 1.86 bits per heavy atom. The lowest BCUT2D eigenvalue weighted by molar-refractivity contribution is -0.00134. The zero-order valence-electron chi connectivity index (χ0n) is 9.05. The summed E-state index contributed by atoms with van der Waals surface area (Å²) in [6.07, 6.45) is 2.45. The molecule has 2 fully saturated rings. The first-order valence-corrected chi connectivity index (χ1v) is 5.30. The van der Waals surface area contributed by atoms with Crippen LogP contribution in [0.1, 0.15) is 12.8 Å². The van der Waals surface area contributed by atoms with Crippen molar-refractivity contribution in [2.24, 2.45) is 5.41 Å². The molecule has 80 valence electrons. The summed E-state index contributed by atoms with van der Waals surface area (Å²) in [6.45, 7) is 4.16. The summed E-state index contributed by atoms with van der Waals surface area (Å²) in [7, 11) is 3.63. The van der Waals surface area contributed by atoms with Crippen LogP contribution in [0, 0.1) is 5.41 Å². The maximum absolute atomic E-state index is 11.6. The van der Waals surface area contributed by atoms with E-state index in [-0.39, 0.29) is 6.03 Å². The number of rotatable bonds is 0. The third-order valence-electron chi connectivity index (χ3n) is 3.37. The Bertz CT molecular complexity index is 226. The molecule has 0 saturated carbocycles. The lowest BCUT2D eigenvalue weighted by Crippen LogP contribution is -2.63. The first kappa shape index (κ1) is 9.77. The number of hydrogen-bond acceptors (Lipinski definition) is 2. The smallest absolute Gasteiger partial charge is 0.319 e. The van der Waals surface area contributed by atoms with E-state index in [2.05, 4.69) is 5.32 Å². The Labute approximate surface area is 85.2 Å². The van der Waals surface area contributed by atoms with Crippen LogP contribution in [-0.2, 0) is 0 Å². The molecule has 2 heterocycles. The monoisotopic (exact) mass is 197 g/mol. The Morgan fingerprint density at radius 3 is 2.36 bits per heavy atom. The molecule has 0 atom stereocenters. The van der Waals surface area contributed by atoms with Gasteiger partial charge in [-0.25, -0.2) is 4.79 Å². The molecule has 2 aliphatic rings. The molecule has 0 aromatic heterocycles. The minimum absolute atomic E-state index is 0.161. The molecular weight excluding hydrogens is 178 g/mol. The highest BCUT2D eigenvalue weighted by molar-refractivity contribution is 5.74. The largest absolute Gasteiger partial charge is 0.331 e. The Balaban J connectivity index is 1.85. The van der Waals surface area contributed by atoms with E-state index in [9.17, 15) is 4.79 Å². The molecule has 2 aliphatic heterocycles. The zero-order valence-corrected chi connectivity index (χ0v) is 9.05. The Hall–Kier alpha value is -0.770. The average Bonchev–Trinajstić information content (AvgIpc) is 2.14. The molecule has 14 heavy (non-hydrogen) atoms. The molecule has 0 aromatic rings. The predicted octanol–water partition coefficient (Wildman–Crippen LogP) is 0.353. The van der Waals surface area contributed by atoms with Crippen LogP contribution in [0.15, 0.2) is 0 Å². The number of carbonyl (C=O) groups excluding carboxylic acids is 1. The van der Waals surface area contributed by atoms with Gasteiger partial charge in [0.05, 0.1) is 0 Å². The highest BCUT2D eigenvalue weighted by Gasteiger charge is 2.45. The van der Waals surface area contributed by atoms with E-state index < -0.39 is 0 Å². The summed E-state index contributed by atoms with van der Waals surface area (Å²) in [5.74, 6) is 0. The molecule has 4 heteroatoms. The van der Waals surface area contributed by atoms with Crippen molar-refractivity contribution < 1.29 is 4.79 Å². The number of nitrogens with one attached hydrogen (secondary N) is 1. The molecule has 0 bridgehead atoms. The number of urea groups is 1. The summed E-state index contributed by atoms with van der Waals surface area (Å²) in [4.78, 5) is 15.2. The predicted molar refractivity (Wildman–Crippen MR) is 55.2 cm³/mol. The van der Waals surface area contributed by atoms with Crippen molar-refractivity contribution in [3.8, 4) is 0 Å². The lowest BCUT2D eigenvalue weighted by Gasteiger charge is -2.52. The molecule has 2 saturated heterocycles. The lowest BCUT2D eigenvalue weighted by atomic mass is 9.72. The number of amides is 2. The highest BCUT2D eigenvalue weighted by Crippen LogP contribution is 2.38. The van der Waals surface area contributed by atoms with Crippen LogP contribution in [0.3, 0.4) is 0 Å². The fourth-order valence-corrected chi connectivity index (χ4v) is 2.45. The third kappa shape index (κ3) is 1.59. The van der Waals surface area contributed by atoms with Crippen LogP contribution in [0.4, 0.5) is 4.79 Å². The minimum atomic E-state index is 0.161. The van der Waals surface area contributed by atoms with Gasteiger partial charge >= 0.3 is 6.03 Å². The van der Waals surface area contributed by atoms with Gasteiger partial charge < -0.3 is 15.1 Å². The van der Waals surface area contributed by atoms with Crippen LogP contribution < -0.4 is 5.32 Å². The van der Waals surface area contributed by atoms with Crippen LogP contribution in [-0.4, -0.2) is 56.1 Å². The van der Waals surface area contributed by atoms with E-state index in [0.29, 0.717) is 5.41 Å². The number of hydrogen-bond donors (Lipinski definition) is 1. The van der Waals surface area contributed by atoms with E-state index >= 15 is 0 Å². The Morgan fingerprint density at radius 1 is 1.29 bits per heavy atom. The second kappa shape index (κ2) is 3.42. The summed E-state index contributed by atoms with van der Waals surface area (Å²) in [5, 5.41) is 3.36. The molecule has 0 unspecified atom stereocenters. The van der Waals surface area contributed by atoms with Crippen molar-refractivity contribution >= 4 is 6.03 Å². The van der Waals surface area contributed by atoms with Gasteiger partial charge in [-0.05, 0) is 25.9 Å². The van der Waals surface area contributed by atoms with Crippen LogP contribution in [0.25, 0.3) is 0 Å². The first-order valence-electron chi connectivity index (χ1n) is 5.30. The molecule has 0 radical (unpaired) electrons. The van der Waals surface area contributed by atoms with Crippen molar-refractivity contribution in [3.63, 3.8) is 0 Å². The van der Waals surface area contributed by atoms with E-state index in [1.165, 1.54) is 12.8 Å². The Kier molecular flexibility index (Phi) is 2.39. The molecule has 1 spiro atoms. The second-order valence-corrected chi connectivity index (χ2v) is 4.78. The van der Waals surface area contributed by atoms with Crippen molar-refractivity contribution in [1.82, 2.24) is 15.1 Å². The number of likely N-dealkylation sites (tertiary alicyclic amines) is 1. The van der Waals surface area contributed by atoms with Crippen LogP contribution in [0.2, 0.25) is 0 Å². The summed E-state index contributed by atoms with van der Waals surface area (Å²) < 4.78 is 0. The zero-order chi connectivity index (χ0) is 10.2. The first-order chi connectivity index (χ1) is 6.63. The van der Waals surface area contributed by atoms with Crippen LogP contribution in [0.5, 0.6) is 0 Å². The van der Waals surface area contributed by atoms with E-state index in [1.54, 1.807) is 4.90 Å². The molecule has 0 aromatic carbocycles. The SMILES string of the molecule is CN(C)C(=O)N1CC2(CCNCC2)C1. The van der Waals surface area contributed by atoms with Gasteiger partial charge in [0.2, 0.25) is 0 Å². The standard InChI is InChI=1S/C10H19N3O/c1-12(2)9(14)13-7-10(8-13)3-5-11-6-4-10/h11H,3-8H2,1-2H3. The number of piperidine rings is 1. The van der Waals surface area contributed by atoms with Gasteiger partial charge in [0.15, 0.2) is 0 Å². The van der Waals surface area contributed by atoms with Crippen molar-refractivity contribution in [2.75, 3.05) is 40.3 Å². The maximum Gasteiger partial charge on any atom is 0.319 e. The van der Waals surface area contributed by atoms with Crippen molar-refractivity contribution in [2.45, 2.75) is 12.8 Å². The summed E-state index contributed by atoms with van der Waals surface area (Å²) >= 11 is 0. The quantitative estimate of drug-likeness (QED) is 0.608. The molecule has 0 aliphatic carbocycles.